The van der Waals surface area contributed by atoms with Crippen molar-refractivity contribution in [2.45, 2.75) is 13.8 Å². The number of carbonyl (C=O) groups is 3. The molecule has 142 valence electrons. The largest absolute Gasteiger partial charge is 0.366 e. The Morgan fingerprint density at radius 3 is 2.00 bits per heavy atom. The first-order valence-electron chi connectivity index (χ1n) is 8.63. The molecule has 0 atom stereocenters. The number of aryl methyl sites for hydroxylation is 1. The first kappa shape index (κ1) is 18.9. The lowest BCUT2D eigenvalue weighted by Gasteiger charge is -2.10. The van der Waals surface area contributed by atoms with Crippen LogP contribution in [-0.4, -0.2) is 22.3 Å². The molecule has 0 aliphatic heterocycles. The van der Waals surface area contributed by atoms with E-state index >= 15 is 0 Å². The number of hydrazine groups is 1. The highest BCUT2D eigenvalue weighted by Crippen LogP contribution is 2.20. The summed E-state index contributed by atoms with van der Waals surface area (Å²) in [6.07, 6.45) is 0. The van der Waals surface area contributed by atoms with Crippen molar-refractivity contribution in [3.05, 3.63) is 88.7 Å². The Bertz CT molecular complexity index is 1040. The third-order valence-electron chi connectivity index (χ3n) is 4.41. The number of primary amides is 1. The maximum Gasteiger partial charge on any atom is 0.271 e. The normalized spacial score (nSPS) is 10.4. The Labute approximate surface area is 162 Å². The van der Waals surface area contributed by atoms with Crippen LogP contribution in [0.1, 0.15) is 42.5 Å². The lowest BCUT2D eigenvalue weighted by molar-refractivity contribution is 0.0846. The number of amides is 3. The van der Waals surface area contributed by atoms with Crippen LogP contribution < -0.4 is 16.6 Å². The highest BCUT2D eigenvalue weighted by atomic mass is 16.2. The van der Waals surface area contributed by atoms with Gasteiger partial charge in [-0.1, -0.05) is 18.2 Å². The van der Waals surface area contributed by atoms with Gasteiger partial charge < -0.3 is 10.3 Å². The molecule has 0 saturated carbocycles. The summed E-state index contributed by atoms with van der Waals surface area (Å²) in [5.74, 6) is -1.49. The maximum atomic E-state index is 12.5. The van der Waals surface area contributed by atoms with Crippen molar-refractivity contribution in [3.8, 4) is 5.69 Å². The van der Waals surface area contributed by atoms with Crippen LogP contribution in [0.15, 0.2) is 60.7 Å². The fourth-order valence-electron chi connectivity index (χ4n) is 3.01. The highest BCUT2D eigenvalue weighted by Gasteiger charge is 2.17. The molecule has 0 bridgehead atoms. The molecule has 2 aromatic carbocycles. The molecule has 0 unspecified atom stereocenters. The summed E-state index contributed by atoms with van der Waals surface area (Å²) in [4.78, 5) is 35.8. The molecule has 4 N–H and O–H groups in total. The van der Waals surface area contributed by atoms with E-state index in [-0.39, 0.29) is 0 Å². The van der Waals surface area contributed by atoms with Crippen molar-refractivity contribution in [3.63, 3.8) is 0 Å². The zero-order valence-corrected chi connectivity index (χ0v) is 15.5. The average molecular weight is 376 g/mol. The van der Waals surface area contributed by atoms with Gasteiger partial charge in [-0.05, 0) is 56.3 Å². The van der Waals surface area contributed by atoms with Crippen LogP contribution in [0.25, 0.3) is 5.69 Å². The number of hydrogen-bond donors (Lipinski definition) is 3. The number of benzene rings is 2. The Morgan fingerprint density at radius 1 is 0.821 bits per heavy atom. The smallest absolute Gasteiger partial charge is 0.271 e. The van der Waals surface area contributed by atoms with Gasteiger partial charge in [0.25, 0.3) is 11.8 Å². The van der Waals surface area contributed by atoms with Crippen LogP contribution in [0.3, 0.4) is 0 Å². The summed E-state index contributed by atoms with van der Waals surface area (Å²) >= 11 is 0. The van der Waals surface area contributed by atoms with E-state index in [9.17, 15) is 14.4 Å². The minimum Gasteiger partial charge on any atom is -0.366 e. The van der Waals surface area contributed by atoms with Crippen LogP contribution in [0.4, 0.5) is 0 Å². The quantitative estimate of drug-likeness (QED) is 0.608. The lowest BCUT2D eigenvalue weighted by atomic mass is 10.1. The van der Waals surface area contributed by atoms with Crippen molar-refractivity contribution in [2.75, 3.05) is 0 Å². The molecule has 3 rings (SSSR count). The first-order chi connectivity index (χ1) is 13.4. The van der Waals surface area contributed by atoms with Crippen molar-refractivity contribution < 1.29 is 14.4 Å². The maximum absolute atomic E-state index is 12.5. The van der Waals surface area contributed by atoms with E-state index < -0.39 is 17.7 Å². The summed E-state index contributed by atoms with van der Waals surface area (Å²) in [6.45, 7) is 3.76. The van der Waals surface area contributed by atoms with Gasteiger partial charge in [-0.15, -0.1) is 0 Å². The minimum absolute atomic E-state index is 0.292. The van der Waals surface area contributed by atoms with Gasteiger partial charge in [0.1, 0.15) is 0 Å². The van der Waals surface area contributed by atoms with Gasteiger partial charge in [0.15, 0.2) is 0 Å². The van der Waals surface area contributed by atoms with E-state index in [1.807, 2.05) is 48.7 Å². The van der Waals surface area contributed by atoms with Crippen LogP contribution in [-0.2, 0) is 0 Å². The monoisotopic (exact) mass is 376 g/mol. The number of nitrogens with two attached hydrogens (primary N) is 1. The number of para-hydroxylation sites is 1. The van der Waals surface area contributed by atoms with Crippen molar-refractivity contribution in [1.29, 1.82) is 0 Å². The third kappa shape index (κ3) is 3.78. The van der Waals surface area contributed by atoms with E-state index in [4.69, 9.17) is 5.73 Å². The van der Waals surface area contributed by atoms with E-state index in [1.165, 1.54) is 24.3 Å². The zero-order chi connectivity index (χ0) is 20.3. The summed E-state index contributed by atoms with van der Waals surface area (Å²) in [6, 6.07) is 17.3. The molecule has 0 radical (unpaired) electrons. The Morgan fingerprint density at radius 2 is 1.39 bits per heavy atom. The zero-order valence-electron chi connectivity index (χ0n) is 15.5. The molecule has 1 heterocycles. The van der Waals surface area contributed by atoms with Crippen LogP contribution >= 0.6 is 0 Å². The van der Waals surface area contributed by atoms with Gasteiger partial charge in [-0.3, -0.25) is 25.2 Å². The summed E-state index contributed by atoms with van der Waals surface area (Å²) in [5.41, 5.74) is 13.7. The van der Waals surface area contributed by atoms with Gasteiger partial charge in [0, 0.05) is 28.2 Å². The lowest BCUT2D eigenvalue weighted by Crippen LogP contribution is -2.41. The fraction of sp³-hybridized carbons (Fsp3) is 0.0952. The molecule has 0 fully saturated rings. The number of nitrogens with zero attached hydrogens (tertiary/aromatic N) is 1. The molecule has 0 aliphatic rings. The molecule has 7 heteroatoms. The minimum atomic E-state index is -0.575. The molecule has 0 saturated heterocycles. The first-order valence-corrected chi connectivity index (χ1v) is 8.63. The van der Waals surface area contributed by atoms with Gasteiger partial charge in [-0.2, -0.15) is 0 Å². The van der Waals surface area contributed by atoms with E-state index in [1.54, 1.807) is 6.07 Å². The molecular weight excluding hydrogens is 356 g/mol. The molecule has 3 aromatic rings. The average Bonchev–Trinajstić information content (AvgIpc) is 3.00. The summed E-state index contributed by atoms with van der Waals surface area (Å²) < 4.78 is 1.97. The Balaban J connectivity index is 1.72. The second kappa shape index (κ2) is 7.79. The second-order valence-corrected chi connectivity index (χ2v) is 6.31. The predicted octanol–water partition coefficient (Wildman–Crippen LogP) is 2.27. The highest BCUT2D eigenvalue weighted by molar-refractivity contribution is 6.00. The second-order valence-electron chi connectivity index (χ2n) is 6.31. The van der Waals surface area contributed by atoms with Gasteiger partial charge in [0.2, 0.25) is 5.91 Å². The van der Waals surface area contributed by atoms with Crippen LogP contribution in [0.2, 0.25) is 0 Å². The molecular formula is C21H20N4O3. The number of hydrogen-bond acceptors (Lipinski definition) is 3. The van der Waals surface area contributed by atoms with E-state index in [0.29, 0.717) is 16.7 Å². The molecule has 0 spiro atoms. The topological polar surface area (TPSA) is 106 Å². The van der Waals surface area contributed by atoms with Crippen molar-refractivity contribution >= 4 is 17.7 Å². The molecule has 7 nitrogen and oxygen atoms in total. The number of nitrogens with one attached hydrogen (secondary N) is 2. The summed E-state index contributed by atoms with van der Waals surface area (Å²) in [7, 11) is 0. The fourth-order valence-corrected chi connectivity index (χ4v) is 3.01. The molecule has 1 aromatic heterocycles. The van der Waals surface area contributed by atoms with E-state index in [2.05, 4.69) is 10.9 Å². The van der Waals surface area contributed by atoms with Gasteiger partial charge in [0.05, 0.1) is 5.56 Å². The number of rotatable bonds is 4. The molecule has 28 heavy (non-hydrogen) atoms. The van der Waals surface area contributed by atoms with Crippen LogP contribution in [0.5, 0.6) is 0 Å². The SMILES string of the molecule is Cc1cc(C(=O)NNC(=O)c2ccc(C(N)=O)cc2)c(C)n1-c1ccccc1. The van der Waals surface area contributed by atoms with Crippen molar-refractivity contribution in [2.24, 2.45) is 5.73 Å². The predicted molar refractivity (Wildman–Crippen MR) is 105 cm³/mol. The molecule has 3 amide bonds. The number of carbonyl (C=O) groups excluding carboxylic acids is 3. The molecule has 0 aliphatic carbocycles. The standard InChI is InChI=1S/C21H20N4O3/c1-13-12-18(14(2)25(13)17-6-4-3-5-7-17)21(28)24-23-20(27)16-10-8-15(9-11-16)19(22)26/h3-12H,1-2H3,(H2,22,26)(H,23,27)(H,24,28). The van der Waals surface area contributed by atoms with Crippen LogP contribution in [0, 0.1) is 13.8 Å². The van der Waals surface area contributed by atoms with Gasteiger partial charge in [-0.25, -0.2) is 0 Å². The van der Waals surface area contributed by atoms with Crippen molar-refractivity contribution in [1.82, 2.24) is 15.4 Å². The van der Waals surface area contributed by atoms with E-state index in [0.717, 1.165) is 17.1 Å². The Kier molecular flexibility index (Phi) is 5.26. The Hall–Kier alpha value is -3.87. The summed E-state index contributed by atoms with van der Waals surface area (Å²) in [5, 5.41) is 0. The third-order valence-corrected chi connectivity index (χ3v) is 4.41. The number of aromatic nitrogens is 1. The van der Waals surface area contributed by atoms with Gasteiger partial charge >= 0.3 is 0 Å².